The van der Waals surface area contributed by atoms with Crippen molar-refractivity contribution < 1.29 is 9.53 Å². The molecule has 0 bridgehead atoms. The summed E-state index contributed by atoms with van der Waals surface area (Å²) in [5.41, 5.74) is 0. The summed E-state index contributed by atoms with van der Waals surface area (Å²) in [6.07, 6.45) is 2.14. The van der Waals surface area contributed by atoms with E-state index in [-0.39, 0.29) is 24.0 Å². The summed E-state index contributed by atoms with van der Waals surface area (Å²) in [5, 5.41) is 0.212. The zero-order chi connectivity index (χ0) is 12.1. The van der Waals surface area contributed by atoms with E-state index < -0.39 is 0 Å². The number of carbonyl (C=O) groups excluding carboxylic acids is 1. The summed E-state index contributed by atoms with van der Waals surface area (Å²) >= 11 is 6.06. The Balaban J connectivity index is 2.27. The highest BCUT2D eigenvalue weighted by molar-refractivity contribution is 6.20. The van der Waals surface area contributed by atoms with Crippen LogP contribution in [0.3, 0.4) is 0 Å². The van der Waals surface area contributed by atoms with Gasteiger partial charge in [-0.25, -0.2) is 0 Å². The highest BCUT2D eigenvalue weighted by Crippen LogP contribution is 2.23. The fourth-order valence-electron chi connectivity index (χ4n) is 1.94. The summed E-state index contributed by atoms with van der Waals surface area (Å²) < 4.78 is 5.31. The Morgan fingerprint density at radius 3 is 2.38 bits per heavy atom. The van der Waals surface area contributed by atoms with Crippen molar-refractivity contribution >= 4 is 17.5 Å². The number of likely N-dealkylation sites (tertiary alicyclic amines) is 1. The van der Waals surface area contributed by atoms with Gasteiger partial charge in [-0.3, -0.25) is 4.79 Å². The number of hydrogen-bond donors (Lipinski definition) is 0. The lowest BCUT2D eigenvalue weighted by Gasteiger charge is -2.33. The molecule has 0 aromatic heterocycles. The molecule has 1 atom stereocenters. The zero-order valence-electron chi connectivity index (χ0n) is 10.4. The van der Waals surface area contributed by atoms with Gasteiger partial charge in [0.1, 0.15) is 6.61 Å². The Bertz CT molecular complexity index is 223. The van der Waals surface area contributed by atoms with Gasteiger partial charge in [-0.15, -0.1) is 11.6 Å². The molecule has 1 fully saturated rings. The fraction of sp³-hybridized carbons (Fsp3) is 0.917. The topological polar surface area (TPSA) is 29.5 Å². The first-order valence-corrected chi connectivity index (χ1v) is 6.47. The molecule has 1 rings (SSSR count). The van der Waals surface area contributed by atoms with Crippen molar-refractivity contribution in [3.05, 3.63) is 0 Å². The minimum absolute atomic E-state index is 0.106. The van der Waals surface area contributed by atoms with Gasteiger partial charge in [0.2, 0.25) is 5.91 Å². The zero-order valence-corrected chi connectivity index (χ0v) is 11.2. The van der Waals surface area contributed by atoms with Gasteiger partial charge in [-0.05, 0) is 39.5 Å². The lowest BCUT2D eigenvalue weighted by Crippen LogP contribution is -2.42. The standard InChI is InChI=1S/C12H22ClNO2/c1-9(2)16-8-12(15)14-6-4-11(5-7-14)10(3)13/h9-11H,4-8H2,1-3H3. The number of nitrogens with zero attached hydrogens (tertiary/aromatic N) is 1. The van der Waals surface area contributed by atoms with Crippen LogP contribution in [0.1, 0.15) is 33.6 Å². The molecule has 0 aromatic carbocycles. The van der Waals surface area contributed by atoms with Crippen LogP contribution < -0.4 is 0 Å². The molecule has 94 valence electrons. The first kappa shape index (κ1) is 13.8. The van der Waals surface area contributed by atoms with Crippen molar-refractivity contribution in [1.29, 1.82) is 0 Å². The van der Waals surface area contributed by atoms with Gasteiger partial charge >= 0.3 is 0 Å². The molecule has 0 aliphatic carbocycles. The third kappa shape index (κ3) is 4.30. The Labute approximate surface area is 103 Å². The first-order chi connectivity index (χ1) is 7.50. The van der Waals surface area contributed by atoms with Crippen LogP contribution in [0.15, 0.2) is 0 Å². The minimum atomic E-state index is 0.106. The van der Waals surface area contributed by atoms with Crippen LogP contribution in [0, 0.1) is 5.92 Å². The first-order valence-electron chi connectivity index (χ1n) is 6.04. The quantitative estimate of drug-likeness (QED) is 0.714. The fourth-order valence-corrected chi connectivity index (χ4v) is 2.19. The van der Waals surface area contributed by atoms with Gasteiger partial charge in [0.05, 0.1) is 6.10 Å². The molecule has 0 N–H and O–H groups in total. The minimum Gasteiger partial charge on any atom is -0.369 e. The van der Waals surface area contributed by atoms with E-state index in [1.807, 2.05) is 25.7 Å². The van der Waals surface area contributed by atoms with Gasteiger partial charge in [-0.2, -0.15) is 0 Å². The van der Waals surface area contributed by atoms with Gasteiger partial charge in [0, 0.05) is 18.5 Å². The number of halogens is 1. The number of carbonyl (C=O) groups is 1. The lowest BCUT2D eigenvalue weighted by molar-refractivity contribution is -0.139. The van der Waals surface area contributed by atoms with Crippen molar-refractivity contribution in [3.63, 3.8) is 0 Å². The number of piperidine rings is 1. The predicted molar refractivity (Wildman–Crippen MR) is 65.7 cm³/mol. The van der Waals surface area contributed by atoms with E-state index in [2.05, 4.69) is 0 Å². The normalized spacial score (nSPS) is 20.2. The van der Waals surface area contributed by atoms with Crippen LogP contribution >= 0.6 is 11.6 Å². The maximum absolute atomic E-state index is 11.7. The van der Waals surface area contributed by atoms with Crippen LogP contribution in [-0.2, 0) is 9.53 Å². The number of alkyl halides is 1. The van der Waals surface area contributed by atoms with Crippen LogP contribution in [0.2, 0.25) is 0 Å². The van der Waals surface area contributed by atoms with Crippen molar-refractivity contribution in [3.8, 4) is 0 Å². The Kier molecular flexibility index (Phi) is 5.56. The van der Waals surface area contributed by atoms with Gasteiger partial charge < -0.3 is 9.64 Å². The van der Waals surface area contributed by atoms with E-state index in [4.69, 9.17) is 16.3 Å². The molecule has 1 heterocycles. The molecule has 3 nitrogen and oxygen atoms in total. The molecule has 4 heteroatoms. The molecule has 0 saturated carbocycles. The van der Waals surface area contributed by atoms with Crippen LogP contribution in [0.25, 0.3) is 0 Å². The maximum atomic E-state index is 11.7. The molecule has 1 aliphatic heterocycles. The van der Waals surface area contributed by atoms with E-state index in [0.29, 0.717) is 5.92 Å². The molecular weight excluding hydrogens is 226 g/mol. The number of ether oxygens (including phenoxy) is 1. The lowest BCUT2D eigenvalue weighted by atomic mass is 9.94. The average Bonchev–Trinajstić information content (AvgIpc) is 2.26. The highest BCUT2D eigenvalue weighted by Gasteiger charge is 2.25. The summed E-state index contributed by atoms with van der Waals surface area (Å²) in [6.45, 7) is 7.76. The molecule has 1 amide bonds. The molecule has 0 radical (unpaired) electrons. The largest absolute Gasteiger partial charge is 0.369 e. The SMILES string of the molecule is CC(C)OCC(=O)N1CCC(C(C)Cl)CC1. The Hall–Kier alpha value is -0.280. The highest BCUT2D eigenvalue weighted by atomic mass is 35.5. The molecule has 0 aromatic rings. The molecule has 1 aliphatic rings. The summed E-state index contributed by atoms with van der Waals surface area (Å²) in [7, 11) is 0. The average molecular weight is 248 g/mol. The monoisotopic (exact) mass is 247 g/mol. The Morgan fingerprint density at radius 1 is 1.38 bits per heavy atom. The summed E-state index contributed by atoms with van der Waals surface area (Å²) in [6, 6.07) is 0. The van der Waals surface area contributed by atoms with Crippen molar-refractivity contribution in [2.24, 2.45) is 5.92 Å². The van der Waals surface area contributed by atoms with Crippen molar-refractivity contribution in [1.82, 2.24) is 4.90 Å². The van der Waals surface area contributed by atoms with Crippen LogP contribution in [-0.4, -0.2) is 42.0 Å². The van der Waals surface area contributed by atoms with Crippen molar-refractivity contribution in [2.45, 2.75) is 45.1 Å². The number of hydrogen-bond acceptors (Lipinski definition) is 2. The molecule has 0 spiro atoms. The summed E-state index contributed by atoms with van der Waals surface area (Å²) in [5.74, 6) is 0.658. The van der Waals surface area contributed by atoms with Gasteiger partial charge in [0.25, 0.3) is 0 Å². The maximum Gasteiger partial charge on any atom is 0.248 e. The number of amides is 1. The number of rotatable bonds is 4. The van der Waals surface area contributed by atoms with E-state index in [9.17, 15) is 4.79 Å². The van der Waals surface area contributed by atoms with Crippen LogP contribution in [0.5, 0.6) is 0 Å². The summed E-state index contributed by atoms with van der Waals surface area (Å²) in [4.78, 5) is 13.6. The second kappa shape index (κ2) is 6.45. The van der Waals surface area contributed by atoms with Gasteiger partial charge in [-0.1, -0.05) is 0 Å². The molecular formula is C12H22ClNO2. The third-order valence-corrected chi connectivity index (χ3v) is 3.44. The molecule has 16 heavy (non-hydrogen) atoms. The second-order valence-corrected chi connectivity index (χ2v) is 5.44. The van der Waals surface area contributed by atoms with Crippen molar-refractivity contribution in [2.75, 3.05) is 19.7 Å². The third-order valence-electron chi connectivity index (χ3n) is 3.08. The Morgan fingerprint density at radius 2 is 1.94 bits per heavy atom. The molecule has 1 saturated heterocycles. The van der Waals surface area contributed by atoms with E-state index in [0.717, 1.165) is 25.9 Å². The van der Waals surface area contributed by atoms with Crippen LogP contribution in [0.4, 0.5) is 0 Å². The predicted octanol–water partition coefficient (Wildman–Crippen LogP) is 2.28. The smallest absolute Gasteiger partial charge is 0.248 e. The van der Waals surface area contributed by atoms with E-state index >= 15 is 0 Å². The van der Waals surface area contributed by atoms with Gasteiger partial charge in [0.15, 0.2) is 0 Å². The second-order valence-electron chi connectivity index (χ2n) is 4.76. The van der Waals surface area contributed by atoms with E-state index in [1.54, 1.807) is 0 Å². The van der Waals surface area contributed by atoms with E-state index in [1.165, 1.54) is 0 Å². The molecule has 1 unspecified atom stereocenters.